The minimum Gasteiger partial charge on any atom is -0.426 e. The van der Waals surface area contributed by atoms with Gasteiger partial charge in [0.05, 0.1) is 17.9 Å². The molecule has 0 bridgehead atoms. The van der Waals surface area contributed by atoms with Crippen LogP contribution in [-0.4, -0.2) is 69.7 Å². The van der Waals surface area contributed by atoms with Gasteiger partial charge in [0, 0.05) is 23.6 Å². The minimum absolute atomic E-state index is 0.0297. The number of carbonyl (C=O) groups is 4. The fourth-order valence-corrected chi connectivity index (χ4v) is 6.29. The van der Waals surface area contributed by atoms with E-state index in [1.54, 1.807) is 13.8 Å². The van der Waals surface area contributed by atoms with E-state index in [4.69, 9.17) is 9.73 Å². The van der Waals surface area contributed by atoms with Crippen LogP contribution < -0.4 is 21.4 Å². The molecule has 1 aliphatic carbocycles. The molecule has 46 heavy (non-hydrogen) atoms. The summed E-state index contributed by atoms with van der Waals surface area (Å²) in [5.74, 6) is -1.27. The van der Waals surface area contributed by atoms with Crippen LogP contribution in [0.1, 0.15) is 76.8 Å². The predicted octanol–water partition coefficient (Wildman–Crippen LogP) is 3.40. The first kappa shape index (κ1) is 33.1. The predicted molar refractivity (Wildman–Crippen MR) is 172 cm³/mol. The molecule has 4 atom stereocenters. The number of amides is 4. The van der Waals surface area contributed by atoms with E-state index in [1.165, 1.54) is 18.4 Å². The molecule has 5 rings (SSSR count). The molecule has 2 aliphatic heterocycles. The van der Waals surface area contributed by atoms with Crippen LogP contribution in [0.3, 0.4) is 0 Å². The van der Waals surface area contributed by atoms with Crippen molar-refractivity contribution in [3.05, 3.63) is 65.7 Å². The van der Waals surface area contributed by atoms with Crippen LogP contribution in [0.25, 0.3) is 0 Å². The highest BCUT2D eigenvalue weighted by Crippen LogP contribution is 2.32. The highest BCUT2D eigenvalue weighted by atomic mass is 16.6. The Morgan fingerprint density at radius 3 is 2.46 bits per heavy atom. The number of aliphatic hydroxyl groups excluding tert-OH is 1. The number of benzodiazepines with no additional fused rings is 1. The Kier molecular flexibility index (Phi) is 10.4. The highest BCUT2D eigenvalue weighted by Gasteiger charge is 2.43. The Morgan fingerprint density at radius 1 is 1.07 bits per heavy atom. The van der Waals surface area contributed by atoms with Crippen LogP contribution in [0.5, 0.6) is 0 Å². The Balaban J connectivity index is 1.20. The van der Waals surface area contributed by atoms with Crippen molar-refractivity contribution in [3.63, 3.8) is 0 Å². The van der Waals surface area contributed by atoms with E-state index in [0.29, 0.717) is 12.1 Å². The number of rotatable bonds is 11. The van der Waals surface area contributed by atoms with Gasteiger partial charge < -0.3 is 25.8 Å². The smallest absolute Gasteiger partial charge is 0.426 e. The zero-order chi connectivity index (χ0) is 32.8. The summed E-state index contributed by atoms with van der Waals surface area (Å²) in [5, 5.41) is 20.7. The summed E-state index contributed by atoms with van der Waals surface area (Å²) >= 11 is 0. The lowest BCUT2D eigenvalue weighted by atomic mass is 9.83. The maximum absolute atomic E-state index is 13.2. The third kappa shape index (κ3) is 8.10. The van der Waals surface area contributed by atoms with Gasteiger partial charge in [-0.15, -0.1) is 0 Å². The number of nitrogens with zero attached hydrogens (tertiary/aromatic N) is 2. The average molecular weight is 633 g/mol. The molecule has 12 nitrogen and oxygen atoms in total. The van der Waals surface area contributed by atoms with Gasteiger partial charge in [-0.1, -0.05) is 67.8 Å². The molecule has 2 fully saturated rings. The van der Waals surface area contributed by atoms with Crippen molar-refractivity contribution in [2.45, 2.75) is 102 Å². The molecule has 3 aliphatic rings. The number of fused-ring (bicyclic) bond motifs is 1. The molecule has 12 heteroatoms. The van der Waals surface area contributed by atoms with E-state index in [2.05, 4.69) is 21.4 Å². The maximum Gasteiger partial charge on any atom is 0.426 e. The zero-order valence-electron chi connectivity index (χ0n) is 26.6. The summed E-state index contributed by atoms with van der Waals surface area (Å²) < 4.78 is 5.38. The third-order valence-corrected chi connectivity index (χ3v) is 8.68. The van der Waals surface area contributed by atoms with Gasteiger partial charge in [-0.05, 0) is 58.1 Å². The number of cyclic esters (lactones) is 1. The molecule has 2 heterocycles. The SMILES string of the molecule is C[C@H](NC(=O)CC[C@@H](O)[C@H](Cc1ccccc1)N1NC(C)(C)OC1=O)C(=O)NC1N=C(C2CCCCC2)c2ccccc2NC1=O. The molecule has 5 N–H and O–H groups in total. The molecule has 2 aromatic carbocycles. The number of benzene rings is 2. The van der Waals surface area contributed by atoms with Gasteiger partial charge in [0.1, 0.15) is 6.04 Å². The summed E-state index contributed by atoms with van der Waals surface area (Å²) in [7, 11) is 0. The minimum atomic E-state index is -1.14. The largest absolute Gasteiger partial charge is 0.426 e. The molecule has 1 saturated heterocycles. The van der Waals surface area contributed by atoms with Gasteiger partial charge in [0.25, 0.3) is 5.91 Å². The molecular weight excluding hydrogens is 588 g/mol. The van der Waals surface area contributed by atoms with Crippen molar-refractivity contribution >= 4 is 35.2 Å². The van der Waals surface area contributed by atoms with Crippen LogP contribution in [0.2, 0.25) is 0 Å². The van der Waals surface area contributed by atoms with Gasteiger partial charge in [-0.25, -0.2) is 9.80 Å². The van der Waals surface area contributed by atoms with Gasteiger partial charge in [-0.3, -0.25) is 19.4 Å². The average Bonchev–Trinajstić information content (AvgIpc) is 3.24. The molecule has 246 valence electrons. The number of carbonyl (C=O) groups excluding carboxylic acids is 4. The summed E-state index contributed by atoms with van der Waals surface area (Å²) in [5.41, 5.74) is 5.31. The van der Waals surface area contributed by atoms with Crippen LogP contribution in [0, 0.1) is 5.92 Å². The molecule has 0 spiro atoms. The summed E-state index contributed by atoms with van der Waals surface area (Å²) in [6.45, 7) is 4.94. The van der Waals surface area contributed by atoms with Crippen LogP contribution in [0.15, 0.2) is 59.6 Å². The van der Waals surface area contributed by atoms with Gasteiger partial charge in [0.15, 0.2) is 5.72 Å². The first-order valence-electron chi connectivity index (χ1n) is 16.1. The first-order chi connectivity index (χ1) is 22.0. The molecule has 0 aromatic heterocycles. The summed E-state index contributed by atoms with van der Waals surface area (Å²) in [6.07, 6.45) is 2.72. The second kappa shape index (κ2) is 14.4. The number of para-hydroxylation sites is 1. The van der Waals surface area contributed by atoms with E-state index in [0.717, 1.165) is 42.5 Å². The molecule has 0 radical (unpaired) electrons. The lowest BCUT2D eigenvalue weighted by molar-refractivity contribution is -0.130. The highest BCUT2D eigenvalue weighted by molar-refractivity contribution is 6.13. The van der Waals surface area contributed by atoms with E-state index >= 15 is 0 Å². The van der Waals surface area contributed by atoms with E-state index in [9.17, 15) is 24.3 Å². The van der Waals surface area contributed by atoms with Crippen LogP contribution in [-0.2, 0) is 25.5 Å². The van der Waals surface area contributed by atoms with Crippen molar-refractivity contribution in [2.24, 2.45) is 10.9 Å². The number of anilines is 1. The number of nitrogens with one attached hydrogen (secondary N) is 4. The number of hydrazine groups is 1. The second-order valence-corrected chi connectivity index (χ2v) is 12.8. The summed E-state index contributed by atoms with van der Waals surface area (Å²) in [6, 6.07) is 15.3. The zero-order valence-corrected chi connectivity index (χ0v) is 26.6. The monoisotopic (exact) mass is 632 g/mol. The van der Waals surface area contributed by atoms with Gasteiger partial charge >= 0.3 is 6.09 Å². The van der Waals surface area contributed by atoms with Crippen molar-refractivity contribution in [1.82, 2.24) is 21.1 Å². The Hall–Kier alpha value is -4.29. The maximum atomic E-state index is 13.2. The Bertz CT molecular complexity index is 1460. The van der Waals surface area contributed by atoms with E-state index in [1.807, 2.05) is 54.6 Å². The van der Waals surface area contributed by atoms with Gasteiger partial charge in [-0.2, -0.15) is 5.43 Å². The van der Waals surface area contributed by atoms with Crippen LogP contribution in [0.4, 0.5) is 10.5 Å². The number of aliphatic imine (C=N–C) groups is 1. The number of hydrogen-bond donors (Lipinski definition) is 5. The van der Waals surface area contributed by atoms with Crippen molar-refractivity contribution in [3.8, 4) is 0 Å². The lowest BCUT2D eigenvalue weighted by Crippen LogP contribution is -2.53. The molecule has 1 unspecified atom stereocenters. The molecule has 1 saturated carbocycles. The van der Waals surface area contributed by atoms with Crippen molar-refractivity contribution in [2.75, 3.05) is 5.32 Å². The summed E-state index contributed by atoms with van der Waals surface area (Å²) in [4.78, 5) is 56.7. The normalized spacial score (nSPS) is 21.5. The standard InChI is InChI=1S/C34H44N6O6/c1-21(31(43)38-30-32(44)36-25-17-11-10-16-24(25)29(37-30)23-14-8-5-9-15-23)35-28(42)19-18-27(41)26(20-22-12-6-4-7-13-22)40-33(45)46-34(2,3)39-40/h4,6-7,10-13,16-17,21,23,26-27,30,39,41H,5,8-9,14-15,18-20H2,1-3H3,(H,35,42)(H,36,44)(H,38,43)/t21-,26-,27+,30?/m0/s1. The molecule has 4 amide bonds. The quantitative estimate of drug-likeness (QED) is 0.254. The first-order valence-corrected chi connectivity index (χ1v) is 16.1. The Labute approximate surface area is 269 Å². The van der Waals surface area contributed by atoms with E-state index in [-0.39, 0.29) is 18.8 Å². The van der Waals surface area contributed by atoms with Gasteiger partial charge in [0.2, 0.25) is 18.0 Å². The Morgan fingerprint density at radius 2 is 1.76 bits per heavy atom. The topological polar surface area (TPSA) is 161 Å². The molecule has 2 aromatic rings. The second-order valence-electron chi connectivity index (χ2n) is 12.8. The fourth-order valence-electron chi connectivity index (χ4n) is 6.29. The number of hydrogen-bond acceptors (Lipinski definition) is 8. The fraction of sp³-hybridized carbons (Fsp3) is 0.500. The van der Waals surface area contributed by atoms with Crippen molar-refractivity contribution in [1.29, 1.82) is 0 Å². The van der Waals surface area contributed by atoms with E-state index < -0.39 is 53.9 Å². The lowest BCUT2D eigenvalue weighted by Gasteiger charge is -2.31. The third-order valence-electron chi connectivity index (χ3n) is 8.68. The van der Waals surface area contributed by atoms with Crippen LogP contribution >= 0.6 is 0 Å². The number of ether oxygens (including phenoxy) is 1. The van der Waals surface area contributed by atoms with Crippen molar-refractivity contribution < 1.29 is 29.0 Å². The molecular formula is C34H44N6O6. The number of aliphatic hydroxyl groups is 1.